The molecule has 0 aliphatic carbocycles. The van der Waals surface area contributed by atoms with Crippen LogP contribution in [0.3, 0.4) is 0 Å². The van der Waals surface area contributed by atoms with Crippen molar-refractivity contribution < 1.29 is 48.3 Å². The molecule has 1 N–H and O–H groups in total. The minimum Gasteiger partial charge on any atom is -0.381 e. The van der Waals surface area contributed by atoms with Gasteiger partial charge >= 0.3 is 12.4 Å². The molecule has 4 rings (SSSR count). The molecule has 1 nitrogen and oxygen atoms in total. The van der Waals surface area contributed by atoms with Gasteiger partial charge in [-0.25, -0.2) is 22.0 Å². The summed E-state index contributed by atoms with van der Waals surface area (Å²) in [5.74, 6) is -6.04. The molecule has 0 amide bonds. The number of rotatable bonds is 6. The summed E-state index contributed by atoms with van der Waals surface area (Å²) in [6, 6.07) is 16.7. The quantitative estimate of drug-likeness (QED) is 0.153. The lowest BCUT2D eigenvalue weighted by atomic mass is 9.97. The first-order chi connectivity index (χ1) is 22.6. The zero-order chi connectivity index (χ0) is 37.4. The molecule has 12 heteroatoms. The molecule has 0 spiro atoms. The molecule has 0 aliphatic rings. The van der Waals surface area contributed by atoms with E-state index in [0.29, 0.717) is 12.5 Å². The van der Waals surface area contributed by atoms with Crippen molar-refractivity contribution in [3.63, 3.8) is 0 Å². The van der Waals surface area contributed by atoms with Gasteiger partial charge in [-0.15, -0.1) is 0 Å². The summed E-state index contributed by atoms with van der Waals surface area (Å²) in [5.41, 5.74) is -0.452. The zero-order valence-electron chi connectivity index (χ0n) is 27.9. The number of nitrogens with one attached hydrogen (secondary N) is 1. The van der Waals surface area contributed by atoms with E-state index >= 15 is 0 Å². The van der Waals surface area contributed by atoms with E-state index in [-0.39, 0.29) is 32.3 Å². The Morgan fingerprint density at radius 2 is 1.04 bits per heavy atom. The monoisotopic (exact) mass is 737 g/mol. The molecule has 0 radical (unpaired) electrons. The minimum atomic E-state index is -4.77. The van der Waals surface area contributed by atoms with Crippen LogP contribution in [0, 0.1) is 36.0 Å². The summed E-state index contributed by atoms with van der Waals surface area (Å²) in [6.45, 7) is 11.9. The van der Waals surface area contributed by atoms with Crippen LogP contribution in [0.1, 0.15) is 113 Å². The van der Waals surface area contributed by atoms with Gasteiger partial charge < -0.3 is 5.32 Å². The highest BCUT2D eigenvalue weighted by Gasteiger charge is 2.37. The van der Waals surface area contributed by atoms with Crippen molar-refractivity contribution in [1.82, 2.24) is 0 Å². The highest BCUT2D eigenvalue weighted by molar-refractivity contribution is 5.53. The van der Waals surface area contributed by atoms with E-state index in [4.69, 9.17) is 0 Å². The fourth-order valence-electron chi connectivity index (χ4n) is 4.56. The van der Waals surface area contributed by atoms with Gasteiger partial charge in [-0.1, -0.05) is 92.8 Å². The van der Waals surface area contributed by atoms with Crippen LogP contribution in [0.4, 0.5) is 54.0 Å². The lowest BCUT2D eigenvalue weighted by Gasteiger charge is -2.15. The molecule has 51 heavy (non-hydrogen) atoms. The van der Waals surface area contributed by atoms with E-state index in [1.165, 1.54) is 39.3 Å². The Kier molecular flexibility index (Phi) is 17.9. The Bertz CT molecular complexity index is 1610. The molecule has 0 saturated carbocycles. The van der Waals surface area contributed by atoms with Crippen molar-refractivity contribution in [3.05, 3.63) is 135 Å². The molecule has 0 saturated heterocycles. The van der Waals surface area contributed by atoms with Gasteiger partial charge in [0.25, 0.3) is 0 Å². The van der Waals surface area contributed by atoms with Gasteiger partial charge in [0, 0.05) is 23.4 Å². The predicted octanol–water partition coefficient (Wildman–Crippen LogP) is 14.4. The average Bonchev–Trinajstić information content (AvgIpc) is 3.01. The number of hydrogen-bond acceptors (Lipinski definition) is 1. The average molecular weight is 738 g/mol. The largest absolute Gasteiger partial charge is 0.416 e. The highest BCUT2D eigenvalue weighted by Crippen LogP contribution is 2.37. The molecular weight excluding hydrogens is 691 g/mol. The van der Waals surface area contributed by atoms with Crippen molar-refractivity contribution in [2.75, 3.05) is 5.32 Å². The fourth-order valence-corrected chi connectivity index (χ4v) is 4.56. The van der Waals surface area contributed by atoms with Gasteiger partial charge in [0.05, 0.1) is 11.1 Å². The normalized spacial score (nSPS) is 11.2. The van der Waals surface area contributed by atoms with E-state index in [1.807, 2.05) is 24.3 Å². The Morgan fingerprint density at radius 3 is 1.43 bits per heavy atom. The number of benzene rings is 4. The topological polar surface area (TPSA) is 12.0 Å². The second-order valence-corrected chi connectivity index (χ2v) is 12.2. The van der Waals surface area contributed by atoms with Crippen molar-refractivity contribution in [2.24, 2.45) is 0 Å². The second kappa shape index (κ2) is 19.5. The van der Waals surface area contributed by atoms with E-state index < -0.39 is 69.7 Å². The summed E-state index contributed by atoms with van der Waals surface area (Å²) in [7, 11) is 0. The Hall–Kier alpha value is -4.09. The van der Waals surface area contributed by atoms with Gasteiger partial charge in [-0.05, 0) is 71.7 Å². The molecular formula is C39H46F11N. The Labute approximate surface area is 293 Å². The third-order valence-corrected chi connectivity index (χ3v) is 7.33. The van der Waals surface area contributed by atoms with Crippen molar-refractivity contribution in [3.8, 4) is 0 Å². The molecule has 0 fully saturated rings. The molecule has 4 aromatic rings. The van der Waals surface area contributed by atoms with Crippen LogP contribution in [0.25, 0.3) is 0 Å². The first kappa shape index (κ1) is 46.9. The first-order valence-electron chi connectivity index (χ1n) is 15.2. The van der Waals surface area contributed by atoms with Gasteiger partial charge in [0.2, 0.25) is 0 Å². The molecule has 4 aromatic carbocycles. The van der Waals surface area contributed by atoms with Gasteiger partial charge in [0.15, 0.2) is 23.3 Å². The van der Waals surface area contributed by atoms with Crippen molar-refractivity contribution in [2.45, 2.75) is 100.0 Å². The third kappa shape index (κ3) is 13.2. The minimum absolute atomic E-state index is 0. The second-order valence-electron chi connectivity index (χ2n) is 12.2. The Balaban J connectivity index is 0.000000727. The highest BCUT2D eigenvalue weighted by atomic mass is 19.4. The number of halogens is 11. The van der Waals surface area contributed by atoms with E-state index in [9.17, 15) is 48.3 Å². The van der Waals surface area contributed by atoms with Crippen LogP contribution < -0.4 is 5.32 Å². The molecule has 0 bridgehead atoms. The maximum absolute atomic E-state index is 13.3. The van der Waals surface area contributed by atoms with Gasteiger partial charge in [-0.3, -0.25) is 0 Å². The van der Waals surface area contributed by atoms with Crippen molar-refractivity contribution in [1.29, 1.82) is 0 Å². The van der Waals surface area contributed by atoms with Crippen LogP contribution in [-0.2, 0) is 18.9 Å². The third-order valence-electron chi connectivity index (χ3n) is 7.33. The predicted molar refractivity (Wildman–Crippen MR) is 183 cm³/mol. The van der Waals surface area contributed by atoms with Crippen LogP contribution in [-0.4, -0.2) is 0 Å². The van der Waals surface area contributed by atoms with Gasteiger partial charge in [-0.2, -0.15) is 26.3 Å². The maximum Gasteiger partial charge on any atom is 0.416 e. The van der Waals surface area contributed by atoms with Crippen molar-refractivity contribution >= 4 is 5.69 Å². The van der Waals surface area contributed by atoms with Crippen LogP contribution in [0.2, 0.25) is 0 Å². The molecule has 0 aromatic heterocycles. The zero-order valence-corrected chi connectivity index (χ0v) is 27.9. The van der Waals surface area contributed by atoms with Crippen LogP contribution >= 0.6 is 0 Å². The fraction of sp³-hybridized carbons (Fsp3) is 0.385. The Morgan fingerprint density at radius 1 is 0.569 bits per heavy atom. The lowest BCUT2D eigenvalue weighted by molar-refractivity contribution is -0.143. The number of hydrogen-bond donors (Lipinski definition) is 1. The van der Waals surface area contributed by atoms with Gasteiger partial charge in [0.1, 0.15) is 5.82 Å². The van der Waals surface area contributed by atoms with E-state index in [2.05, 4.69) is 31.3 Å². The maximum atomic E-state index is 13.3. The number of alkyl halides is 6. The van der Waals surface area contributed by atoms with E-state index in [0.717, 1.165) is 30.3 Å². The smallest absolute Gasteiger partial charge is 0.381 e. The summed E-state index contributed by atoms with van der Waals surface area (Å²) >= 11 is 0. The van der Waals surface area contributed by atoms with E-state index in [1.54, 1.807) is 6.07 Å². The summed E-state index contributed by atoms with van der Waals surface area (Å²) < 4.78 is 140. The molecule has 0 aliphatic heterocycles. The summed E-state index contributed by atoms with van der Waals surface area (Å²) in [4.78, 5) is 0. The lowest BCUT2D eigenvalue weighted by Crippen LogP contribution is -2.12. The van der Waals surface area contributed by atoms with Crippen LogP contribution in [0.5, 0.6) is 0 Å². The SMILES string of the molecule is C.C.CC(C)c1cc(C(F)(F)F)cc(C(F)(F)F)c1.CC(C)c1ccc(F)cc1NCc1ccccc1.Cc1c(F)c(F)c(C(C)C)c(F)c1F. The summed E-state index contributed by atoms with van der Waals surface area (Å²) in [6.07, 6.45) is -9.55. The number of anilines is 1. The molecule has 0 heterocycles. The summed E-state index contributed by atoms with van der Waals surface area (Å²) in [5, 5.41) is 3.31. The molecule has 0 unspecified atom stereocenters. The first-order valence-corrected chi connectivity index (χ1v) is 15.2. The standard InChI is InChI=1S/C16H18FN.C11H10F6.C10H10F4.2CH4/c1-12(2)15-9-8-14(17)10-16(15)18-11-13-6-4-3-5-7-13;1-6(2)7-3-8(10(12,13)14)5-9(4-7)11(15,16)17;1-4(2)6-9(13)7(11)5(3)8(12)10(6)14;;/h3-10,12,18H,11H2,1-2H3;3-6H,1-2H3;4H,1-3H3;2*1H4. The molecule has 0 atom stereocenters. The molecule has 284 valence electrons. The van der Waals surface area contributed by atoms with Crippen LogP contribution in [0.15, 0.2) is 66.7 Å².